The van der Waals surface area contributed by atoms with Crippen molar-refractivity contribution in [1.29, 1.82) is 0 Å². The Kier molecular flexibility index (Phi) is 6.79. The molecule has 4 rings (SSSR count). The predicted octanol–water partition coefficient (Wildman–Crippen LogP) is 3.84. The van der Waals surface area contributed by atoms with E-state index in [9.17, 15) is 9.59 Å². The average Bonchev–Trinajstić information content (AvgIpc) is 3.34. The summed E-state index contributed by atoms with van der Waals surface area (Å²) >= 11 is 1.68. The Labute approximate surface area is 187 Å². The summed E-state index contributed by atoms with van der Waals surface area (Å²) < 4.78 is 0. The van der Waals surface area contributed by atoms with Gasteiger partial charge in [0.2, 0.25) is 0 Å². The number of nitrogens with zero attached hydrogens (tertiary/aromatic N) is 1. The Morgan fingerprint density at radius 1 is 0.968 bits per heavy atom. The average molecular weight is 434 g/mol. The summed E-state index contributed by atoms with van der Waals surface area (Å²) in [7, 11) is 0. The molecule has 0 bridgehead atoms. The molecule has 6 heteroatoms. The second-order valence-corrected chi connectivity index (χ2v) is 8.82. The predicted molar refractivity (Wildman–Crippen MR) is 124 cm³/mol. The van der Waals surface area contributed by atoms with Gasteiger partial charge < -0.3 is 10.6 Å². The van der Waals surface area contributed by atoms with E-state index in [0.29, 0.717) is 6.54 Å². The number of carbonyl (C=O) groups is 2. The number of fused-ring (bicyclic) bond motifs is 1. The van der Waals surface area contributed by atoms with Crippen molar-refractivity contribution in [2.24, 2.45) is 0 Å². The van der Waals surface area contributed by atoms with E-state index in [2.05, 4.69) is 51.2 Å². The van der Waals surface area contributed by atoms with Crippen LogP contribution in [-0.2, 0) is 22.6 Å². The highest BCUT2D eigenvalue weighted by Crippen LogP contribution is 2.30. The standard InChI is InChI=1S/C25H27N3O2S/c1-18(19-8-3-2-4-9-19)27-25(30)24(29)26-16-22(23-12-7-15-31-23)28-14-13-20-10-5-6-11-21(20)17-28/h2-12,15,18,22H,13-14,16-17H2,1H3,(H,26,29)(H,27,30)/t18-,22-/m0/s1. The van der Waals surface area contributed by atoms with Crippen LogP contribution in [-0.4, -0.2) is 29.8 Å². The van der Waals surface area contributed by atoms with Gasteiger partial charge in [0.25, 0.3) is 0 Å². The molecule has 1 aromatic heterocycles. The van der Waals surface area contributed by atoms with Crippen molar-refractivity contribution in [2.75, 3.05) is 13.1 Å². The van der Waals surface area contributed by atoms with E-state index < -0.39 is 11.8 Å². The highest BCUT2D eigenvalue weighted by atomic mass is 32.1. The zero-order valence-electron chi connectivity index (χ0n) is 17.6. The van der Waals surface area contributed by atoms with E-state index in [0.717, 1.165) is 25.1 Å². The minimum atomic E-state index is -0.606. The summed E-state index contributed by atoms with van der Waals surface area (Å²) in [6, 6.07) is 22.1. The van der Waals surface area contributed by atoms with Gasteiger partial charge in [-0.05, 0) is 41.5 Å². The number of hydrogen-bond donors (Lipinski definition) is 2. The first kappa shape index (κ1) is 21.3. The molecule has 2 atom stereocenters. The van der Waals surface area contributed by atoms with Gasteiger partial charge in [-0.1, -0.05) is 60.7 Å². The first-order chi connectivity index (χ1) is 15.1. The van der Waals surface area contributed by atoms with Crippen LogP contribution in [0, 0.1) is 0 Å². The van der Waals surface area contributed by atoms with Gasteiger partial charge in [-0.3, -0.25) is 14.5 Å². The van der Waals surface area contributed by atoms with Crippen LogP contribution in [0.3, 0.4) is 0 Å². The first-order valence-electron chi connectivity index (χ1n) is 10.6. The Morgan fingerprint density at radius 2 is 1.71 bits per heavy atom. The second kappa shape index (κ2) is 9.90. The van der Waals surface area contributed by atoms with Crippen LogP contribution in [0.2, 0.25) is 0 Å². The Bertz CT molecular complexity index is 1020. The molecule has 160 valence electrons. The summed E-state index contributed by atoms with van der Waals surface area (Å²) in [5, 5.41) is 7.70. The summed E-state index contributed by atoms with van der Waals surface area (Å²) in [4.78, 5) is 28.5. The molecule has 0 radical (unpaired) electrons. The summed E-state index contributed by atoms with van der Waals surface area (Å²) in [5.41, 5.74) is 3.69. The zero-order valence-corrected chi connectivity index (χ0v) is 18.4. The van der Waals surface area contributed by atoms with Crippen LogP contribution in [0.15, 0.2) is 72.1 Å². The molecule has 3 aromatic rings. The third-order valence-electron chi connectivity index (χ3n) is 5.78. The van der Waals surface area contributed by atoms with E-state index in [1.807, 2.05) is 43.3 Å². The van der Waals surface area contributed by atoms with Gasteiger partial charge in [-0.25, -0.2) is 0 Å². The third-order valence-corrected chi connectivity index (χ3v) is 6.76. The minimum Gasteiger partial charge on any atom is -0.346 e. The molecule has 2 heterocycles. The normalized spacial score (nSPS) is 15.5. The van der Waals surface area contributed by atoms with E-state index in [1.54, 1.807) is 11.3 Å². The molecule has 2 amide bonds. The van der Waals surface area contributed by atoms with Gasteiger partial charge in [0.1, 0.15) is 0 Å². The Morgan fingerprint density at radius 3 is 2.45 bits per heavy atom. The number of nitrogens with one attached hydrogen (secondary N) is 2. The van der Waals surface area contributed by atoms with Gasteiger partial charge in [-0.15, -0.1) is 11.3 Å². The van der Waals surface area contributed by atoms with Crippen molar-refractivity contribution >= 4 is 23.2 Å². The van der Waals surface area contributed by atoms with Gasteiger partial charge >= 0.3 is 11.8 Å². The molecule has 2 aromatic carbocycles. The van der Waals surface area contributed by atoms with Crippen molar-refractivity contribution in [3.05, 3.63) is 93.7 Å². The third kappa shape index (κ3) is 5.21. The lowest BCUT2D eigenvalue weighted by Crippen LogP contribution is -2.45. The number of thiophene rings is 1. The maximum Gasteiger partial charge on any atom is 0.309 e. The number of benzene rings is 2. The molecule has 2 N–H and O–H groups in total. The van der Waals surface area contributed by atoms with Gasteiger partial charge in [-0.2, -0.15) is 0 Å². The van der Waals surface area contributed by atoms with E-state index in [4.69, 9.17) is 0 Å². The topological polar surface area (TPSA) is 61.4 Å². The summed E-state index contributed by atoms with van der Waals surface area (Å²) in [6.07, 6.45) is 0.987. The molecule has 0 saturated carbocycles. The van der Waals surface area contributed by atoms with Gasteiger partial charge in [0.05, 0.1) is 12.1 Å². The zero-order chi connectivity index (χ0) is 21.6. The lowest BCUT2D eigenvalue weighted by molar-refractivity contribution is -0.139. The lowest BCUT2D eigenvalue weighted by Gasteiger charge is -2.35. The number of rotatable bonds is 6. The molecule has 5 nitrogen and oxygen atoms in total. The highest BCUT2D eigenvalue weighted by Gasteiger charge is 2.27. The van der Waals surface area contributed by atoms with Crippen LogP contribution in [0.1, 0.15) is 40.6 Å². The highest BCUT2D eigenvalue weighted by molar-refractivity contribution is 7.10. The van der Waals surface area contributed by atoms with Crippen LogP contribution < -0.4 is 10.6 Å². The smallest absolute Gasteiger partial charge is 0.309 e. The quantitative estimate of drug-likeness (QED) is 0.581. The summed E-state index contributed by atoms with van der Waals surface area (Å²) in [6.45, 7) is 4.04. The molecule has 1 aliphatic heterocycles. The first-order valence-corrected chi connectivity index (χ1v) is 11.5. The number of carbonyl (C=O) groups excluding carboxylic acids is 2. The molecular formula is C25H27N3O2S. The maximum atomic E-state index is 12.5. The van der Waals surface area contributed by atoms with E-state index in [1.165, 1.54) is 16.0 Å². The SMILES string of the molecule is C[C@H](NC(=O)C(=O)NC[C@@H](c1cccs1)N1CCc2ccccc2C1)c1ccccc1. The Balaban J connectivity index is 1.39. The van der Waals surface area contributed by atoms with Crippen molar-refractivity contribution < 1.29 is 9.59 Å². The molecule has 1 aliphatic rings. The molecule has 0 unspecified atom stereocenters. The molecule has 0 spiro atoms. The van der Waals surface area contributed by atoms with Crippen LogP contribution in [0.4, 0.5) is 0 Å². The van der Waals surface area contributed by atoms with Crippen LogP contribution in [0.5, 0.6) is 0 Å². The van der Waals surface area contributed by atoms with Gasteiger partial charge in [0, 0.05) is 24.5 Å². The summed E-state index contributed by atoms with van der Waals surface area (Å²) in [5.74, 6) is -1.20. The minimum absolute atomic E-state index is 0.0386. The molecule has 0 fully saturated rings. The van der Waals surface area contributed by atoms with Gasteiger partial charge in [0.15, 0.2) is 0 Å². The molecule has 31 heavy (non-hydrogen) atoms. The number of hydrogen-bond acceptors (Lipinski definition) is 4. The van der Waals surface area contributed by atoms with Crippen molar-refractivity contribution in [2.45, 2.75) is 32.0 Å². The monoisotopic (exact) mass is 433 g/mol. The fraction of sp³-hybridized carbons (Fsp3) is 0.280. The van der Waals surface area contributed by atoms with E-state index in [-0.39, 0.29) is 12.1 Å². The van der Waals surface area contributed by atoms with Crippen molar-refractivity contribution in [1.82, 2.24) is 15.5 Å². The largest absolute Gasteiger partial charge is 0.346 e. The van der Waals surface area contributed by atoms with Crippen LogP contribution >= 0.6 is 11.3 Å². The second-order valence-electron chi connectivity index (χ2n) is 7.84. The van der Waals surface area contributed by atoms with Crippen molar-refractivity contribution in [3.63, 3.8) is 0 Å². The maximum absolute atomic E-state index is 12.5. The fourth-order valence-corrected chi connectivity index (χ4v) is 4.89. The fourth-order valence-electron chi connectivity index (χ4n) is 4.03. The molecule has 0 saturated heterocycles. The molecule has 0 aliphatic carbocycles. The van der Waals surface area contributed by atoms with E-state index >= 15 is 0 Å². The lowest BCUT2D eigenvalue weighted by atomic mass is 9.98. The van der Waals surface area contributed by atoms with Crippen molar-refractivity contribution in [3.8, 4) is 0 Å². The van der Waals surface area contributed by atoms with Crippen LogP contribution in [0.25, 0.3) is 0 Å². The Hall–Kier alpha value is -2.96. The molecular weight excluding hydrogens is 406 g/mol. The number of amides is 2.